The van der Waals surface area contributed by atoms with E-state index in [1.54, 1.807) is 0 Å². The fourth-order valence-corrected chi connectivity index (χ4v) is 3.20. The fraction of sp³-hybridized carbons (Fsp3) is 0.0909. The third-order valence-corrected chi connectivity index (χ3v) is 3.91. The Kier molecular flexibility index (Phi) is 2.26. The van der Waals surface area contributed by atoms with E-state index in [0.29, 0.717) is 14.5 Å². The van der Waals surface area contributed by atoms with Crippen molar-refractivity contribution >= 4 is 20.7 Å². The molecule has 0 unspecified atom stereocenters. The zero-order valence-electron chi connectivity index (χ0n) is 7.53. The minimum atomic E-state index is 0.504. The van der Waals surface area contributed by atoms with Crippen LogP contribution in [0.3, 0.4) is 0 Å². The van der Waals surface area contributed by atoms with Crippen LogP contribution in [0.1, 0.15) is 5.56 Å². The first-order valence-electron chi connectivity index (χ1n) is 4.17. The summed E-state index contributed by atoms with van der Waals surface area (Å²) in [6.07, 6.45) is 3.92. The second-order valence-corrected chi connectivity index (χ2v) is 4.90. The van der Waals surface area contributed by atoms with E-state index in [2.05, 4.69) is 47.4 Å². The maximum absolute atomic E-state index is 3.80. The van der Waals surface area contributed by atoms with Gasteiger partial charge in [-0.3, -0.25) is 0 Å². The molecule has 0 saturated carbocycles. The van der Waals surface area contributed by atoms with Crippen LogP contribution in [0, 0.1) is 6.92 Å². The maximum atomic E-state index is 3.80. The van der Waals surface area contributed by atoms with Crippen molar-refractivity contribution in [3.63, 3.8) is 0 Å². The molecule has 2 rings (SSSR count). The SMILES string of the molecule is C=Cn1ccc(C)c1-c1ccc[se]1. The Balaban J connectivity index is 2.62. The van der Waals surface area contributed by atoms with Crippen molar-refractivity contribution in [2.75, 3.05) is 0 Å². The summed E-state index contributed by atoms with van der Waals surface area (Å²) in [4.78, 5) is 2.24. The first-order chi connectivity index (χ1) is 6.33. The van der Waals surface area contributed by atoms with Crippen LogP contribution in [0.25, 0.3) is 16.3 Å². The Morgan fingerprint density at radius 3 is 2.92 bits per heavy atom. The minimum absolute atomic E-state index is 0.504. The molecule has 0 fully saturated rings. The number of nitrogens with zero attached hydrogens (tertiary/aromatic N) is 1. The Labute approximate surface area is 84.1 Å². The number of aryl methyl sites for hydroxylation is 1. The summed E-state index contributed by atoms with van der Waals surface area (Å²) in [7, 11) is 0. The average molecular weight is 236 g/mol. The van der Waals surface area contributed by atoms with E-state index in [4.69, 9.17) is 0 Å². The Hall–Kier alpha value is -0.981. The summed E-state index contributed by atoms with van der Waals surface area (Å²) in [5.74, 6) is 0. The molecule has 2 aromatic rings. The van der Waals surface area contributed by atoms with Crippen molar-refractivity contribution in [2.45, 2.75) is 6.92 Å². The van der Waals surface area contributed by atoms with Crippen LogP contribution in [-0.4, -0.2) is 19.1 Å². The summed E-state index contributed by atoms with van der Waals surface area (Å²) in [5.41, 5.74) is 2.65. The molecule has 0 atom stereocenters. The van der Waals surface area contributed by atoms with Crippen LogP contribution in [0.5, 0.6) is 0 Å². The first-order valence-corrected chi connectivity index (χ1v) is 6.01. The third kappa shape index (κ3) is 1.43. The van der Waals surface area contributed by atoms with E-state index in [1.807, 2.05) is 6.20 Å². The van der Waals surface area contributed by atoms with E-state index in [0.717, 1.165) is 0 Å². The molecule has 66 valence electrons. The van der Waals surface area contributed by atoms with E-state index >= 15 is 0 Å². The number of hydrogen-bond donors (Lipinski definition) is 0. The second kappa shape index (κ2) is 3.41. The van der Waals surface area contributed by atoms with Gasteiger partial charge < -0.3 is 0 Å². The molecule has 0 spiro atoms. The molecule has 0 saturated heterocycles. The van der Waals surface area contributed by atoms with Crippen molar-refractivity contribution < 1.29 is 0 Å². The van der Waals surface area contributed by atoms with Crippen LogP contribution in [0.15, 0.2) is 35.9 Å². The van der Waals surface area contributed by atoms with Gasteiger partial charge in [0.25, 0.3) is 0 Å². The first kappa shape index (κ1) is 8.61. The predicted octanol–water partition coefficient (Wildman–Crippen LogP) is 2.62. The number of aromatic nitrogens is 1. The summed E-state index contributed by atoms with van der Waals surface area (Å²) >= 11 is 0.504. The van der Waals surface area contributed by atoms with Crippen molar-refractivity contribution in [1.29, 1.82) is 0 Å². The van der Waals surface area contributed by atoms with Gasteiger partial charge in [0.15, 0.2) is 0 Å². The molecule has 2 heteroatoms. The molecule has 0 radical (unpaired) electrons. The van der Waals surface area contributed by atoms with Crippen LogP contribution < -0.4 is 0 Å². The standard InChI is InChI=1S/C11H11NSe/c1-3-12-7-6-9(2)11(12)10-5-4-8-13-10/h3-8H,1H2,2H3. The van der Waals surface area contributed by atoms with E-state index in [9.17, 15) is 0 Å². The fourth-order valence-electron chi connectivity index (χ4n) is 1.44. The van der Waals surface area contributed by atoms with Gasteiger partial charge in [0.05, 0.1) is 0 Å². The normalized spacial score (nSPS) is 10.2. The molecule has 2 aromatic heterocycles. The van der Waals surface area contributed by atoms with Crippen LogP contribution in [0.4, 0.5) is 0 Å². The topological polar surface area (TPSA) is 4.93 Å². The van der Waals surface area contributed by atoms with E-state index < -0.39 is 0 Å². The predicted molar refractivity (Wildman–Crippen MR) is 57.9 cm³/mol. The molecule has 1 nitrogen and oxygen atoms in total. The molecule has 0 aliphatic carbocycles. The molecule has 0 aliphatic rings. The van der Waals surface area contributed by atoms with Gasteiger partial charge >= 0.3 is 83.8 Å². The van der Waals surface area contributed by atoms with Crippen molar-refractivity contribution in [1.82, 2.24) is 4.57 Å². The molecular weight excluding hydrogens is 225 g/mol. The number of rotatable bonds is 2. The van der Waals surface area contributed by atoms with Crippen molar-refractivity contribution in [2.24, 2.45) is 0 Å². The average Bonchev–Trinajstić information content (AvgIpc) is 2.72. The molecule has 0 N–H and O–H groups in total. The quantitative estimate of drug-likeness (QED) is 0.706. The van der Waals surface area contributed by atoms with Gasteiger partial charge in [-0.15, -0.1) is 0 Å². The van der Waals surface area contributed by atoms with Crippen molar-refractivity contribution in [3.8, 4) is 10.1 Å². The van der Waals surface area contributed by atoms with Gasteiger partial charge in [-0.25, -0.2) is 0 Å². The molecule has 0 amide bonds. The van der Waals surface area contributed by atoms with Crippen LogP contribution >= 0.6 is 0 Å². The van der Waals surface area contributed by atoms with Gasteiger partial charge in [0.2, 0.25) is 0 Å². The van der Waals surface area contributed by atoms with Gasteiger partial charge in [-0.2, -0.15) is 0 Å². The van der Waals surface area contributed by atoms with Gasteiger partial charge in [-0.05, 0) is 0 Å². The number of hydrogen-bond acceptors (Lipinski definition) is 0. The Morgan fingerprint density at radius 1 is 1.46 bits per heavy atom. The summed E-state index contributed by atoms with van der Waals surface area (Å²) in [6.45, 7) is 5.94. The zero-order valence-corrected chi connectivity index (χ0v) is 9.24. The summed E-state index contributed by atoms with van der Waals surface area (Å²) in [6, 6.07) is 6.46. The second-order valence-electron chi connectivity index (χ2n) is 2.91. The van der Waals surface area contributed by atoms with Crippen LogP contribution in [0.2, 0.25) is 0 Å². The molecule has 0 aromatic carbocycles. The summed E-state index contributed by atoms with van der Waals surface area (Å²) in [5, 5.41) is 0. The monoisotopic (exact) mass is 237 g/mol. The molecule has 13 heavy (non-hydrogen) atoms. The van der Waals surface area contributed by atoms with Crippen LogP contribution in [-0.2, 0) is 0 Å². The molecule has 2 heterocycles. The Morgan fingerprint density at radius 2 is 2.31 bits per heavy atom. The Bertz CT molecular complexity index is 409. The van der Waals surface area contributed by atoms with Gasteiger partial charge in [-0.1, -0.05) is 0 Å². The van der Waals surface area contributed by atoms with E-state index in [1.165, 1.54) is 15.7 Å². The van der Waals surface area contributed by atoms with Gasteiger partial charge in [0.1, 0.15) is 0 Å². The molecule has 0 aliphatic heterocycles. The summed E-state index contributed by atoms with van der Waals surface area (Å²) < 4.78 is 3.53. The molecule has 0 bridgehead atoms. The van der Waals surface area contributed by atoms with Gasteiger partial charge in [0, 0.05) is 0 Å². The zero-order chi connectivity index (χ0) is 9.26. The third-order valence-electron chi connectivity index (χ3n) is 2.07. The van der Waals surface area contributed by atoms with E-state index in [-0.39, 0.29) is 0 Å². The molecular formula is C11H11NSe. The van der Waals surface area contributed by atoms with Crippen molar-refractivity contribution in [3.05, 3.63) is 41.5 Å².